The average molecular weight is 236 g/mol. The van der Waals surface area contributed by atoms with Crippen molar-refractivity contribution >= 4 is 23.1 Å². The molecule has 0 unspecified atom stereocenters. The summed E-state index contributed by atoms with van der Waals surface area (Å²) in [5.41, 5.74) is 0.794. The van der Waals surface area contributed by atoms with E-state index in [1.807, 2.05) is 38.4 Å². The van der Waals surface area contributed by atoms with E-state index < -0.39 is 0 Å². The first-order valence-corrected chi connectivity index (χ1v) is 5.51. The Labute approximate surface area is 102 Å². The number of hydrogen-bond acceptors (Lipinski definition) is 4. The summed E-state index contributed by atoms with van der Waals surface area (Å²) in [4.78, 5) is 5.99. The maximum absolute atomic E-state index is 5.63. The van der Waals surface area contributed by atoms with Gasteiger partial charge in [-0.25, -0.2) is 0 Å². The maximum Gasteiger partial charge on any atom is 0.119 e. The summed E-state index contributed by atoms with van der Waals surface area (Å²) in [6.45, 7) is 2.79. The molecule has 0 aromatic heterocycles. The van der Waals surface area contributed by atoms with Gasteiger partial charge in [-0.2, -0.15) is 4.99 Å². The Morgan fingerprint density at radius 3 is 2.50 bits per heavy atom. The van der Waals surface area contributed by atoms with Gasteiger partial charge in [0.1, 0.15) is 12.4 Å². The zero-order valence-electron chi connectivity index (χ0n) is 9.80. The SMILES string of the molecule is C[C@H](COc1ccc(N=C=S)cc1)N(C)C. The van der Waals surface area contributed by atoms with Crippen molar-refractivity contribution in [3.63, 3.8) is 0 Å². The number of ether oxygens (including phenoxy) is 1. The predicted molar refractivity (Wildman–Crippen MR) is 69.8 cm³/mol. The second-order valence-electron chi connectivity index (χ2n) is 3.82. The molecule has 1 aromatic carbocycles. The summed E-state index contributed by atoms with van der Waals surface area (Å²) in [6.07, 6.45) is 0. The van der Waals surface area contributed by atoms with Crippen molar-refractivity contribution < 1.29 is 4.74 Å². The van der Waals surface area contributed by atoms with Gasteiger partial charge >= 0.3 is 0 Å². The molecule has 0 aliphatic carbocycles. The highest BCUT2D eigenvalue weighted by atomic mass is 32.1. The third kappa shape index (κ3) is 4.11. The average Bonchev–Trinajstić information content (AvgIpc) is 2.28. The lowest BCUT2D eigenvalue weighted by Crippen LogP contribution is -2.30. The van der Waals surface area contributed by atoms with Crippen LogP contribution in [0.1, 0.15) is 6.92 Å². The molecule has 0 aliphatic rings. The fourth-order valence-corrected chi connectivity index (χ4v) is 1.14. The van der Waals surface area contributed by atoms with Gasteiger partial charge in [0, 0.05) is 6.04 Å². The van der Waals surface area contributed by atoms with Crippen LogP contribution >= 0.6 is 12.2 Å². The van der Waals surface area contributed by atoms with Gasteiger partial charge in [0.05, 0.1) is 10.8 Å². The number of isothiocyanates is 1. The zero-order valence-corrected chi connectivity index (χ0v) is 10.6. The molecule has 3 nitrogen and oxygen atoms in total. The zero-order chi connectivity index (χ0) is 12.0. The molecule has 4 heteroatoms. The van der Waals surface area contributed by atoms with Crippen LogP contribution in [0.15, 0.2) is 29.3 Å². The minimum absolute atomic E-state index is 0.388. The highest BCUT2D eigenvalue weighted by molar-refractivity contribution is 7.78. The lowest BCUT2D eigenvalue weighted by atomic mass is 10.3. The van der Waals surface area contributed by atoms with Gasteiger partial charge in [0.25, 0.3) is 0 Å². The summed E-state index contributed by atoms with van der Waals surface area (Å²) in [7, 11) is 4.07. The van der Waals surface area contributed by atoms with Crippen LogP contribution < -0.4 is 4.74 Å². The van der Waals surface area contributed by atoms with E-state index in [2.05, 4.69) is 34.2 Å². The van der Waals surface area contributed by atoms with Crippen molar-refractivity contribution in [3.05, 3.63) is 24.3 Å². The Morgan fingerprint density at radius 2 is 2.00 bits per heavy atom. The first kappa shape index (κ1) is 12.8. The number of thiocarbonyl (C=S) groups is 1. The molecule has 86 valence electrons. The van der Waals surface area contributed by atoms with Gasteiger partial charge in [-0.3, -0.25) is 0 Å². The third-order valence-electron chi connectivity index (χ3n) is 2.38. The number of hydrogen-bond donors (Lipinski definition) is 0. The molecular formula is C12H16N2OS. The summed E-state index contributed by atoms with van der Waals surface area (Å²) in [5, 5.41) is 2.33. The second-order valence-corrected chi connectivity index (χ2v) is 4.00. The molecule has 16 heavy (non-hydrogen) atoms. The summed E-state index contributed by atoms with van der Waals surface area (Å²) >= 11 is 4.53. The van der Waals surface area contributed by atoms with E-state index in [1.54, 1.807) is 0 Å². The lowest BCUT2D eigenvalue weighted by Gasteiger charge is -2.19. The minimum Gasteiger partial charge on any atom is -0.492 e. The Bertz CT molecular complexity index is 369. The number of nitrogens with zero attached hydrogens (tertiary/aromatic N) is 2. The van der Waals surface area contributed by atoms with Crippen molar-refractivity contribution in [2.45, 2.75) is 13.0 Å². The van der Waals surface area contributed by atoms with Crippen LogP contribution in [0.5, 0.6) is 5.75 Å². The van der Waals surface area contributed by atoms with Crippen molar-refractivity contribution in [2.24, 2.45) is 4.99 Å². The third-order valence-corrected chi connectivity index (χ3v) is 2.48. The Balaban J connectivity index is 2.52. The van der Waals surface area contributed by atoms with Gasteiger partial charge in [-0.05, 0) is 57.5 Å². The monoisotopic (exact) mass is 236 g/mol. The molecule has 0 heterocycles. The fourth-order valence-electron chi connectivity index (χ4n) is 1.04. The van der Waals surface area contributed by atoms with Gasteiger partial charge < -0.3 is 9.64 Å². The van der Waals surface area contributed by atoms with Crippen LogP contribution in [-0.2, 0) is 0 Å². The summed E-state index contributed by atoms with van der Waals surface area (Å²) in [6, 6.07) is 7.87. The second kappa shape index (κ2) is 6.38. The summed E-state index contributed by atoms with van der Waals surface area (Å²) in [5.74, 6) is 0.844. The molecule has 1 aromatic rings. The molecule has 0 amide bonds. The first-order chi connectivity index (χ1) is 7.63. The number of rotatable bonds is 5. The smallest absolute Gasteiger partial charge is 0.119 e. The van der Waals surface area contributed by atoms with Gasteiger partial charge in [-0.1, -0.05) is 0 Å². The fraction of sp³-hybridized carbons (Fsp3) is 0.417. The molecule has 0 spiro atoms. The highest BCUT2D eigenvalue weighted by Crippen LogP contribution is 2.17. The van der Waals surface area contributed by atoms with E-state index in [4.69, 9.17) is 4.74 Å². The van der Waals surface area contributed by atoms with Crippen molar-refractivity contribution in [3.8, 4) is 5.75 Å². The van der Waals surface area contributed by atoms with Gasteiger partial charge in [0.2, 0.25) is 0 Å². The molecule has 0 saturated heterocycles. The maximum atomic E-state index is 5.63. The van der Waals surface area contributed by atoms with Crippen LogP contribution in [0.25, 0.3) is 0 Å². The Kier molecular flexibility index (Phi) is 5.12. The number of likely N-dealkylation sites (N-methyl/N-ethyl adjacent to an activating group) is 1. The topological polar surface area (TPSA) is 24.8 Å². The van der Waals surface area contributed by atoms with E-state index in [0.717, 1.165) is 11.4 Å². The normalized spacial score (nSPS) is 12.0. The van der Waals surface area contributed by atoms with E-state index in [1.165, 1.54) is 0 Å². The van der Waals surface area contributed by atoms with Crippen molar-refractivity contribution in [1.82, 2.24) is 4.90 Å². The number of benzene rings is 1. The molecule has 0 bridgehead atoms. The molecule has 0 aliphatic heterocycles. The van der Waals surface area contributed by atoms with Crippen LogP contribution in [0.4, 0.5) is 5.69 Å². The van der Waals surface area contributed by atoms with E-state index in [9.17, 15) is 0 Å². The van der Waals surface area contributed by atoms with Crippen molar-refractivity contribution in [2.75, 3.05) is 20.7 Å². The van der Waals surface area contributed by atoms with E-state index >= 15 is 0 Å². The Hall–Kier alpha value is -1.22. The minimum atomic E-state index is 0.388. The van der Waals surface area contributed by atoms with Crippen molar-refractivity contribution in [1.29, 1.82) is 0 Å². The molecule has 1 rings (SSSR count). The van der Waals surface area contributed by atoms with Crippen LogP contribution in [0.2, 0.25) is 0 Å². The molecule has 0 N–H and O–H groups in total. The molecular weight excluding hydrogens is 220 g/mol. The quantitative estimate of drug-likeness (QED) is 0.580. The molecule has 1 atom stereocenters. The van der Waals surface area contributed by atoms with E-state index in [-0.39, 0.29) is 0 Å². The predicted octanol–water partition coefficient (Wildman–Crippen LogP) is 2.75. The molecule has 0 radical (unpaired) electrons. The first-order valence-electron chi connectivity index (χ1n) is 5.10. The number of aliphatic imine (C=N–C) groups is 1. The van der Waals surface area contributed by atoms with E-state index in [0.29, 0.717) is 12.6 Å². The lowest BCUT2D eigenvalue weighted by molar-refractivity contribution is 0.198. The van der Waals surface area contributed by atoms with Crippen LogP contribution in [0.3, 0.4) is 0 Å². The molecule has 0 saturated carbocycles. The van der Waals surface area contributed by atoms with Crippen LogP contribution in [-0.4, -0.2) is 36.8 Å². The standard InChI is InChI=1S/C12H16N2OS/c1-10(14(2)3)8-15-12-6-4-11(5-7-12)13-9-16/h4-7,10H,8H2,1-3H3/t10-/m1/s1. The highest BCUT2D eigenvalue weighted by Gasteiger charge is 2.04. The van der Waals surface area contributed by atoms with Gasteiger partial charge in [0.15, 0.2) is 0 Å². The largest absolute Gasteiger partial charge is 0.492 e. The van der Waals surface area contributed by atoms with Gasteiger partial charge in [-0.15, -0.1) is 0 Å². The van der Waals surface area contributed by atoms with Crippen LogP contribution in [0, 0.1) is 0 Å². The summed E-state index contributed by atoms with van der Waals surface area (Å²) < 4.78 is 5.63. The Morgan fingerprint density at radius 1 is 1.38 bits per heavy atom. The molecule has 0 fully saturated rings.